The summed E-state index contributed by atoms with van der Waals surface area (Å²) in [6.07, 6.45) is 0. The largest absolute Gasteiger partial charge is 0.368 e. The SMILES string of the molecule is CCn1c(SCC(=O)NCC(N)=O)nc2scc(-c3cccs3)c2c1=O. The molecule has 0 aliphatic heterocycles. The van der Waals surface area contributed by atoms with Crippen LogP contribution >= 0.6 is 34.4 Å². The van der Waals surface area contributed by atoms with E-state index in [4.69, 9.17) is 5.73 Å². The Morgan fingerprint density at radius 1 is 1.38 bits per heavy atom. The number of nitrogens with one attached hydrogen (secondary N) is 1. The lowest BCUT2D eigenvalue weighted by Gasteiger charge is -2.10. The number of aromatic nitrogens is 2. The molecule has 136 valence electrons. The third-order valence-electron chi connectivity index (χ3n) is 3.55. The summed E-state index contributed by atoms with van der Waals surface area (Å²) in [5.41, 5.74) is 5.79. The van der Waals surface area contributed by atoms with Crippen molar-refractivity contribution in [2.75, 3.05) is 12.3 Å². The molecule has 0 radical (unpaired) electrons. The minimum Gasteiger partial charge on any atom is -0.368 e. The molecule has 0 unspecified atom stereocenters. The Morgan fingerprint density at radius 2 is 2.19 bits per heavy atom. The van der Waals surface area contributed by atoms with Gasteiger partial charge in [0.15, 0.2) is 5.16 Å². The second-order valence-electron chi connectivity index (χ2n) is 5.28. The highest BCUT2D eigenvalue weighted by atomic mass is 32.2. The van der Waals surface area contributed by atoms with Crippen LogP contribution in [0, 0.1) is 0 Å². The standard InChI is InChI=1S/C16H16N4O3S3/c1-2-20-15(23)13-9(10-4-3-5-24-10)7-25-14(13)19-16(20)26-8-12(22)18-6-11(17)21/h3-5,7H,2,6,8H2,1H3,(H2,17,21)(H,18,22). The predicted octanol–water partition coefficient (Wildman–Crippen LogP) is 1.90. The molecule has 10 heteroatoms. The number of primary amides is 1. The molecule has 2 amide bonds. The van der Waals surface area contributed by atoms with E-state index in [9.17, 15) is 14.4 Å². The van der Waals surface area contributed by atoms with Crippen molar-refractivity contribution in [3.05, 3.63) is 33.2 Å². The average Bonchev–Trinajstić information content (AvgIpc) is 3.27. The zero-order chi connectivity index (χ0) is 18.7. The fourth-order valence-electron chi connectivity index (χ4n) is 2.37. The van der Waals surface area contributed by atoms with Gasteiger partial charge in [-0.15, -0.1) is 22.7 Å². The van der Waals surface area contributed by atoms with E-state index < -0.39 is 5.91 Å². The van der Waals surface area contributed by atoms with Gasteiger partial charge in [-0.25, -0.2) is 4.98 Å². The van der Waals surface area contributed by atoms with Crippen LogP contribution in [-0.4, -0.2) is 33.7 Å². The highest BCUT2D eigenvalue weighted by Crippen LogP contribution is 2.34. The fraction of sp³-hybridized carbons (Fsp3) is 0.250. The van der Waals surface area contributed by atoms with E-state index in [1.807, 2.05) is 29.8 Å². The molecule has 7 nitrogen and oxygen atoms in total. The van der Waals surface area contributed by atoms with Gasteiger partial charge in [-0.2, -0.15) is 0 Å². The first kappa shape index (κ1) is 18.6. The minimum absolute atomic E-state index is 0.0500. The number of thioether (sulfide) groups is 1. The number of nitrogens with two attached hydrogens (primary N) is 1. The monoisotopic (exact) mass is 408 g/mol. The molecule has 0 atom stereocenters. The normalized spacial score (nSPS) is 11.0. The van der Waals surface area contributed by atoms with Gasteiger partial charge in [0.2, 0.25) is 11.8 Å². The number of thiophene rings is 2. The second kappa shape index (κ2) is 8.02. The van der Waals surface area contributed by atoms with Gasteiger partial charge in [0.05, 0.1) is 17.7 Å². The van der Waals surface area contributed by atoms with E-state index in [0.717, 1.165) is 22.2 Å². The van der Waals surface area contributed by atoms with Crippen LogP contribution in [0.5, 0.6) is 0 Å². The van der Waals surface area contributed by atoms with Crippen molar-refractivity contribution < 1.29 is 9.59 Å². The maximum Gasteiger partial charge on any atom is 0.263 e. The molecule has 3 heterocycles. The fourth-order valence-corrected chi connectivity index (χ4v) is 5.07. The van der Waals surface area contributed by atoms with Crippen LogP contribution in [0.2, 0.25) is 0 Å². The molecule has 0 aliphatic rings. The Labute approximate surface area is 161 Å². The van der Waals surface area contributed by atoms with E-state index in [2.05, 4.69) is 10.3 Å². The highest BCUT2D eigenvalue weighted by molar-refractivity contribution is 7.99. The number of amides is 2. The van der Waals surface area contributed by atoms with Crippen LogP contribution in [0.4, 0.5) is 0 Å². The van der Waals surface area contributed by atoms with E-state index in [0.29, 0.717) is 21.9 Å². The van der Waals surface area contributed by atoms with E-state index in [-0.39, 0.29) is 23.8 Å². The summed E-state index contributed by atoms with van der Waals surface area (Å²) in [4.78, 5) is 41.7. The lowest BCUT2D eigenvalue weighted by Crippen LogP contribution is -2.34. The van der Waals surface area contributed by atoms with Crippen LogP contribution in [-0.2, 0) is 16.1 Å². The van der Waals surface area contributed by atoms with Gasteiger partial charge in [-0.05, 0) is 18.4 Å². The van der Waals surface area contributed by atoms with Gasteiger partial charge in [0.25, 0.3) is 5.56 Å². The molecule has 0 spiro atoms. The summed E-state index contributed by atoms with van der Waals surface area (Å²) < 4.78 is 1.57. The summed E-state index contributed by atoms with van der Waals surface area (Å²) in [6, 6.07) is 3.93. The molecular weight excluding hydrogens is 392 g/mol. The first-order valence-corrected chi connectivity index (χ1v) is 10.5. The second-order valence-corrected chi connectivity index (χ2v) is 8.03. The molecule has 26 heavy (non-hydrogen) atoms. The number of carbonyl (C=O) groups excluding carboxylic acids is 2. The van der Waals surface area contributed by atoms with E-state index in [1.54, 1.807) is 15.9 Å². The van der Waals surface area contributed by atoms with Gasteiger partial charge in [0, 0.05) is 22.4 Å². The summed E-state index contributed by atoms with van der Waals surface area (Å²) in [5.74, 6) is -0.890. The maximum atomic E-state index is 13.0. The Morgan fingerprint density at radius 3 is 2.85 bits per heavy atom. The summed E-state index contributed by atoms with van der Waals surface area (Å²) in [5, 5.41) is 7.43. The lowest BCUT2D eigenvalue weighted by atomic mass is 10.2. The van der Waals surface area contributed by atoms with Crippen molar-refractivity contribution in [2.45, 2.75) is 18.6 Å². The molecule has 0 bridgehead atoms. The molecule has 3 N–H and O–H groups in total. The molecule has 3 aromatic rings. The number of rotatable bonds is 7. The number of hydrogen-bond donors (Lipinski definition) is 2. The number of carbonyl (C=O) groups is 2. The van der Waals surface area contributed by atoms with Crippen LogP contribution in [0.15, 0.2) is 32.8 Å². The topological polar surface area (TPSA) is 107 Å². The molecular formula is C16H16N4O3S3. The van der Waals surface area contributed by atoms with Gasteiger partial charge in [0.1, 0.15) is 4.83 Å². The van der Waals surface area contributed by atoms with Gasteiger partial charge in [-0.3, -0.25) is 19.0 Å². The molecule has 0 aromatic carbocycles. The molecule has 3 aromatic heterocycles. The van der Waals surface area contributed by atoms with Crippen LogP contribution < -0.4 is 16.6 Å². The quantitative estimate of drug-likeness (QED) is 0.459. The first-order chi connectivity index (χ1) is 12.5. The van der Waals surface area contributed by atoms with Crippen LogP contribution in [0.25, 0.3) is 20.7 Å². The van der Waals surface area contributed by atoms with Gasteiger partial charge < -0.3 is 11.1 Å². The van der Waals surface area contributed by atoms with Gasteiger partial charge in [-0.1, -0.05) is 17.8 Å². The maximum absolute atomic E-state index is 13.0. The van der Waals surface area contributed by atoms with Gasteiger partial charge >= 0.3 is 0 Å². The Hall–Kier alpha value is -2.17. The molecule has 0 fully saturated rings. The minimum atomic E-state index is -0.604. The van der Waals surface area contributed by atoms with Crippen LogP contribution in [0.1, 0.15) is 6.92 Å². The average molecular weight is 409 g/mol. The zero-order valence-corrected chi connectivity index (χ0v) is 16.3. The third kappa shape index (κ3) is 3.81. The van der Waals surface area contributed by atoms with Crippen molar-refractivity contribution in [2.24, 2.45) is 5.73 Å². The number of hydrogen-bond acceptors (Lipinski definition) is 7. The Kier molecular flexibility index (Phi) is 5.74. The Balaban J connectivity index is 1.91. The highest BCUT2D eigenvalue weighted by Gasteiger charge is 2.18. The smallest absolute Gasteiger partial charge is 0.263 e. The van der Waals surface area contributed by atoms with Crippen molar-refractivity contribution >= 4 is 56.5 Å². The summed E-state index contributed by atoms with van der Waals surface area (Å²) in [6.45, 7) is 2.11. The zero-order valence-electron chi connectivity index (χ0n) is 13.9. The number of fused-ring (bicyclic) bond motifs is 1. The van der Waals surface area contributed by atoms with Crippen molar-refractivity contribution in [1.29, 1.82) is 0 Å². The Bertz CT molecular complexity index is 1010. The van der Waals surface area contributed by atoms with Crippen molar-refractivity contribution in [3.8, 4) is 10.4 Å². The summed E-state index contributed by atoms with van der Waals surface area (Å²) in [7, 11) is 0. The first-order valence-electron chi connectivity index (χ1n) is 7.75. The lowest BCUT2D eigenvalue weighted by molar-refractivity contribution is -0.123. The van der Waals surface area contributed by atoms with Crippen molar-refractivity contribution in [1.82, 2.24) is 14.9 Å². The molecule has 0 saturated heterocycles. The van der Waals surface area contributed by atoms with Crippen molar-refractivity contribution in [3.63, 3.8) is 0 Å². The summed E-state index contributed by atoms with van der Waals surface area (Å²) >= 11 is 4.16. The molecule has 0 saturated carbocycles. The van der Waals surface area contributed by atoms with Crippen LogP contribution in [0.3, 0.4) is 0 Å². The van der Waals surface area contributed by atoms with E-state index >= 15 is 0 Å². The third-order valence-corrected chi connectivity index (χ3v) is 6.31. The molecule has 0 aliphatic carbocycles. The number of nitrogens with zero attached hydrogens (tertiary/aromatic N) is 2. The van der Waals surface area contributed by atoms with E-state index in [1.165, 1.54) is 11.3 Å². The molecule has 3 rings (SSSR count). The predicted molar refractivity (Wildman–Crippen MR) is 106 cm³/mol.